The molecule has 31 heavy (non-hydrogen) atoms. The second-order valence-electron chi connectivity index (χ2n) is 7.65. The van der Waals surface area contributed by atoms with Crippen LogP contribution in [0, 0.1) is 0 Å². The number of aliphatic hydroxyl groups excluding tert-OH is 1. The molecule has 9 heteroatoms. The van der Waals surface area contributed by atoms with Gasteiger partial charge in [-0.25, -0.2) is 8.78 Å². The van der Waals surface area contributed by atoms with Gasteiger partial charge in [-0.15, -0.1) is 0 Å². The molecule has 1 N–H and O–H groups in total. The smallest absolute Gasteiger partial charge is 0.264 e. The van der Waals surface area contributed by atoms with Gasteiger partial charge in [-0.2, -0.15) is 8.42 Å². The Morgan fingerprint density at radius 1 is 0.935 bits per heavy atom. The van der Waals surface area contributed by atoms with Crippen molar-refractivity contribution < 1.29 is 36.0 Å². The van der Waals surface area contributed by atoms with Gasteiger partial charge in [0.15, 0.2) is 6.17 Å². The van der Waals surface area contributed by atoms with Gasteiger partial charge < -0.3 is 14.6 Å². The van der Waals surface area contributed by atoms with Crippen molar-refractivity contribution in [2.75, 3.05) is 32.8 Å². The first-order chi connectivity index (χ1) is 14.5. The summed E-state index contributed by atoms with van der Waals surface area (Å²) >= 11 is 0. The summed E-state index contributed by atoms with van der Waals surface area (Å²) in [4.78, 5) is 0. The Morgan fingerprint density at radius 3 is 1.77 bits per heavy atom. The number of halogens is 2. The van der Waals surface area contributed by atoms with Crippen LogP contribution in [-0.4, -0.2) is 58.6 Å². The molecule has 2 aromatic rings. The molecule has 0 bridgehead atoms. The third-order valence-electron chi connectivity index (χ3n) is 4.70. The molecular formula is C22H28F2O6S. The second kappa shape index (κ2) is 10.9. The van der Waals surface area contributed by atoms with E-state index in [0.717, 1.165) is 17.4 Å². The Balaban J connectivity index is 2.02. The number of benzene rings is 2. The molecule has 172 valence electrons. The maximum Gasteiger partial charge on any atom is 0.264 e. The molecule has 2 rings (SSSR count). The lowest BCUT2D eigenvalue weighted by Crippen LogP contribution is -2.28. The minimum Gasteiger partial charge on any atom is -0.491 e. The van der Waals surface area contributed by atoms with Crippen LogP contribution in [0.3, 0.4) is 0 Å². The summed E-state index contributed by atoms with van der Waals surface area (Å²) in [5.41, 5.74) is 1.64. The fraction of sp³-hybridized carbons (Fsp3) is 0.455. The lowest BCUT2D eigenvalue weighted by Gasteiger charge is -2.26. The van der Waals surface area contributed by atoms with Crippen molar-refractivity contribution in [2.24, 2.45) is 0 Å². The molecule has 0 amide bonds. The summed E-state index contributed by atoms with van der Waals surface area (Å²) in [5, 5.41) is 9.22. The first-order valence-electron chi connectivity index (χ1n) is 9.71. The molecule has 0 aliphatic heterocycles. The summed E-state index contributed by atoms with van der Waals surface area (Å²) in [7, 11) is -3.69. The molecule has 0 aromatic heterocycles. The molecule has 0 radical (unpaired) electrons. The highest BCUT2D eigenvalue weighted by Crippen LogP contribution is 2.33. The van der Waals surface area contributed by atoms with Gasteiger partial charge in [0.05, 0.1) is 12.9 Å². The van der Waals surface area contributed by atoms with E-state index in [9.17, 15) is 22.3 Å². The van der Waals surface area contributed by atoms with Crippen LogP contribution in [0.1, 0.15) is 25.0 Å². The monoisotopic (exact) mass is 458 g/mol. The summed E-state index contributed by atoms with van der Waals surface area (Å²) in [6.07, 6.45) is -1.71. The summed E-state index contributed by atoms with van der Waals surface area (Å²) < 4.78 is 63.0. The Kier molecular flexibility index (Phi) is 8.79. The van der Waals surface area contributed by atoms with Gasteiger partial charge >= 0.3 is 0 Å². The van der Waals surface area contributed by atoms with Crippen LogP contribution in [0.25, 0.3) is 0 Å². The zero-order valence-electron chi connectivity index (χ0n) is 17.8. The van der Waals surface area contributed by atoms with Crippen LogP contribution in [0.5, 0.6) is 11.5 Å². The Hall–Kier alpha value is -2.23. The molecule has 2 unspecified atom stereocenters. The number of ether oxygens (including phenoxy) is 2. The molecule has 6 nitrogen and oxygen atoms in total. The van der Waals surface area contributed by atoms with Gasteiger partial charge in [-0.3, -0.25) is 4.18 Å². The summed E-state index contributed by atoms with van der Waals surface area (Å²) in [6.45, 7) is 2.08. The van der Waals surface area contributed by atoms with Crippen LogP contribution in [0.2, 0.25) is 0 Å². The molecule has 0 spiro atoms. The number of aliphatic hydroxyl groups is 1. The van der Waals surface area contributed by atoms with Gasteiger partial charge in [-0.05, 0) is 35.4 Å². The standard InChI is InChI=1S/C22H28F2O6S/c1-22(2,16-4-8-19(9-5-16)28-14-18(24)12-23)17-6-10-20(11-7-17)29-15-21(13-25)30-31(3,26)27/h4-11,18,21,25H,12-15H2,1-3H3. The van der Waals surface area contributed by atoms with E-state index in [0.29, 0.717) is 11.5 Å². The lowest BCUT2D eigenvalue weighted by atomic mass is 9.78. The fourth-order valence-corrected chi connectivity index (χ4v) is 3.49. The highest BCUT2D eigenvalue weighted by atomic mass is 32.2. The Morgan fingerprint density at radius 2 is 1.39 bits per heavy atom. The third-order valence-corrected chi connectivity index (χ3v) is 5.32. The quantitative estimate of drug-likeness (QED) is 0.491. The van der Waals surface area contributed by atoms with E-state index in [4.69, 9.17) is 13.7 Å². The average Bonchev–Trinajstić information content (AvgIpc) is 2.74. The molecule has 0 saturated heterocycles. The maximum atomic E-state index is 13.0. The highest BCUT2D eigenvalue weighted by molar-refractivity contribution is 7.86. The molecule has 2 atom stereocenters. The Labute approximate surface area is 181 Å². The number of rotatable bonds is 12. The molecular weight excluding hydrogens is 430 g/mol. The minimum absolute atomic E-state index is 0.115. The van der Waals surface area contributed by atoms with Crippen molar-refractivity contribution in [3.8, 4) is 11.5 Å². The van der Waals surface area contributed by atoms with E-state index < -0.39 is 35.7 Å². The largest absolute Gasteiger partial charge is 0.491 e. The predicted octanol–water partition coefficient (Wildman–Crippen LogP) is 3.41. The number of hydrogen-bond donors (Lipinski definition) is 1. The van der Waals surface area contributed by atoms with E-state index >= 15 is 0 Å². The van der Waals surface area contributed by atoms with Crippen molar-refractivity contribution in [3.63, 3.8) is 0 Å². The van der Waals surface area contributed by atoms with Crippen LogP contribution in [0.4, 0.5) is 8.78 Å². The zero-order chi connectivity index (χ0) is 23.1. The first-order valence-corrected chi connectivity index (χ1v) is 11.5. The van der Waals surface area contributed by atoms with Crippen LogP contribution in [0.15, 0.2) is 48.5 Å². The van der Waals surface area contributed by atoms with Gasteiger partial charge in [0.2, 0.25) is 0 Å². The molecule has 2 aromatic carbocycles. The molecule has 0 heterocycles. The molecule has 0 saturated carbocycles. The zero-order valence-corrected chi connectivity index (χ0v) is 18.6. The van der Waals surface area contributed by atoms with Gasteiger partial charge in [-0.1, -0.05) is 38.1 Å². The van der Waals surface area contributed by atoms with E-state index in [2.05, 4.69) is 0 Å². The normalized spacial score (nSPS) is 14.1. The van der Waals surface area contributed by atoms with E-state index in [1.807, 2.05) is 38.1 Å². The van der Waals surface area contributed by atoms with Gasteiger partial charge in [0.1, 0.15) is 37.5 Å². The second-order valence-corrected chi connectivity index (χ2v) is 9.25. The van der Waals surface area contributed by atoms with E-state index in [1.165, 1.54) is 0 Å². The number of alkyl halides is 2. The van der Waals surface area contributed by atoms with Crippen molar-refractivity contribution in [1.82, 2.24) is 0 Å². The van der Waals surface area contributed by atoms with Crippen molar-refractivity contribution >= 4 is 10.1 Å². The van der Waals surface area contributed by atoms with Gasteiger partial charge in [0, 0.05) is 5.41 Å². The topological polar surface area (TPSA) is 82.1 Å². The SMILES string of the molecule is CC(C)(c1ccc(OCC(F)CF)cc1)c1ccc(OCC(CO)OS(C)(=O)=O)cc1. The van der Waals surface area contributed by atoms with Crippen LogP contribution < -0.4 is 9.47 Å². The van der Waals surface area contributed by atoms with Crippen molar-refractivity contribution in [1.29, 1.82) is 0 Å². The maximum absolute atomic E-state index is 13.0. The summed E-state index contributed by atoms with van der Waals surface area (Å²) in [6, 6.07) is 14.5. The Bertz CT molecular complexity index is 914. The van der Waals surface area contributed by atoms with Crippen LogP contribution in [-0.2, 0) is 19.7 Å². The highest BCUT2D eigenvalue weighted by Gasteiger charge is 2.23. The van der Waals surface area contributed by atoms with E-state index in [1.54, 1.807) is 24.3 Å². The summed E-state index contributed by atoms with van der Waals surface area (Å²) in [5.74, 6) is 0.974. The predicted molar refractivity (Wildman–Crippen MR) is 114 cm³/mol. The molecule has 0 aliphatic carbocycles. The average molecular weight is 459 g/mol. The lowest BCUT2D eigenvalue weighted by molar-refractivity contribution is 0.0773. The van der Waals surface area contributed by atoms with E-state index in [-0.39, 0.29) is 18.6 Å². The fourth-order valence-electron chi connectivity index (χ4n) is 2.88. The minimum atomic E-state index is -3.69. The van der Waals surface area contributed by atoms with Crippen molar-refractivity contribution in [3.05, 3.63) is 59.7 Å². The third kappa shape index (κ3) is 7.75. The van der Waals surface area contributed by atoms with Crippen LogP contribution >= 0.6 is 0 Å². The van der Waals surface area contributed by atoms with Crippen molar-refractivity contribution in [2.45, 2.75) is 31.5 Å². The molecule has 0 aliphatic rings. The number of hydrogen-bond acceptors (Lipinski definition) is 6. The molecule has 0 fully saturated rings. The van der Waals surface area contributed by atoms with Gasteiger partial charge in [0.25, 0.3) is 10.1 Å². The first kappa shape index (κ1) is 25.0.